The number of hydrogen-bond acceptors (Lipinski definition) is 11. The van der Waals surface area contributed by atoms with Crippen molar-refractivity contribution < 1.29 is 27.2 Å². The van der Waals surface area contributed by atoms with Gasteiger partial charge in [0.2, 0.25) is 0 Å². The van der Waals surface area contributed by atoms with Crippen LogP contribution in [0.1, 0.15) is 79.1 Å². The average molecular weight is 797 g/mol. The molecule has 266 valence electrons. The fraction of sp³-hybridized carbons (Fsp3) is 0.444. The predicted octanol–water partition coefficient (Wildman–Crippen LogP) is 13.6. The van der Waals surface area contributed by atoms with E-state index in [4.69, 9.17) is 18.1 Å². The van der Waals surface area contributed by atoms with Crippen LogP contribution in [0.15, 0.2) is 59.3 Å². The number of unbranched alkanes of at least 4 members (excludes halogenated alkanes) is 4. The van der Waals surface area contributed by atoms with Crippen LogP contribution in [-0.2, 0) is 27.2 Å². The first kappa shape index (κ1) is 39.0. The Morgan fingerprint density at radius 1 is 0.469 bits per heavy atom. The lowest BCUT2D eigenvalue weighted by Crippen LogP contribution is -2.29. The zero-order valence-corrected chi connectivity index (χ0v) is 34.5. The average Bonchev–Trinajstić information content (AvgIpc) is 3.94. The van der Waals surface area contributed by atoms with E-state index < -0.39 is 15.2 Å². The van der Waals surface area contributed by atoms with Crippen molar-refractivity contribution in [2.24, 2.45) is 0 Å². The Kier molecular flexibility index (Phi) is 15.2. The van der Waals surface area contributed by atoms with Crippen LogP contribution in [0.3, 0.4) is 0 Å². The zero-order chi connectivity index (χ0) is 34.7. The Labute approximate surface area is 311 Å². The minimum Gasteiger partial charge on any atom is -0.305 e. The molecule has 5 rings (SSSR count). The van der Waals surface area contributed by atoms with E-state index in [0.717, 1.165) is 90.4 Å². The maximum atomic E-state index is 15.5. The molecule has 0 unspecified atom stereocenters. The first-order valence-electron chi connectivity index (χ1n) is 17.1. The van der Waals surface area contributed by atoms with Gasteiger partial charge in [-0.1, -0.05) is 65.5 Å². The van der Waals surface area contributed by atoms with Crippen molar-refractivity contribution in [1.82, 2.24) is 0 Å². The van der Waals surface area contributed by atoms with Crippen LogP contribution < -0.4 is 10.6 Å². The largest absolute Gasteiger partial charge is 0.363 e. The topological polar surface area (TPSA) is 71.1 Å². The highest BCUT2D eigenvalue weighted by atomic mass is 32.1. The molecular formula is C36H46O6P2S5. The van der Waals surface area contributed by atoms with Crippen LogP contribution >= 0.6 is 71.9 Å². The van der Waals surface area contributed by atoms with Crippen molar-refractivity contribution in [3.05, 3.63) is 59.3 Å². The van der Waals surface area contributed by atoms with Crippen molar-refractivity contribution in [2.45, 2.75) is 79.1 Å². The summed E-state index contributed by atoms with van der Waals surface area (Å²) < 4.78 is 56.5. The van der Waals surface area contributed by atoms with E-state index >= 15 is 9.13 Å². The summed E-state index contributed by atoms with van der Waals surface area (Å²) in [6.45, 7) is 9.32. The fourth-order valence-electron chi connectivity index (χ4n) is 4.93. The van der Waals surface area contributed by atoms with Gasteiger partial charge in [-0.3, -0.25) is 9.13 Å². The fourth-order valence-corrected chi connectivity index (χ4v) is 15.5. The molecule has 5 aromatic heterocycles. The van der Waals surface area contributed by atoms with Crippen molar-refractivity contribution in [3.8, 4) is 39.0 Å². The Balaban J connectivity index is 1.81. The molecule has 0 aromatic carbocycles. The summed E-state index contributed by atoms with van der Waals surface area (Å²) >= 11 is 8.11. The highest BCUT2D eigenvalue weighted by Gasteiger charge is 2.46. The first-order chi connectivity index (χ1) is 23.9. The van der Waals surface area contributed by atoms with Gasteiger partial charge < -0.3 is 18.1 Å². The zero-order valence-electron chi connectivity index (χ0n) is 28.6. The minimum absolute atomic E-state index is 0.258. The molecule has 6 nitrogen and oxygen atoms in total. The molecule has 0 N–H and O–H groups in total. The smallest absolute Gasteiger partial charge is 0.305 e. The summed E-state index contributed by atoms with van der Waals surface area (Å²) in [7, 11) is -8.09. The SMILES string of the molecule is CCCCOP(=O)(OCCCC)c1c(-c2ccc(-c3cccs3)s2)sc(-c2ccc(-c3cccs3)s2)c1P(=O)(OCCCC)OCCCC. The Bertz CT molecular complexity index is 1650. The third-order valence-corrected chi connectivity index (χ3v) is 18.0. The third kappa shape index (κ3) is 9.62. The first-order valence-corrected chi connectivity index (χ1v) is 24.4. The maximum absolute atomic E-state index is 15.5. The number of thiophene rings is 5. The summed E-state index contributed by atoms with van der Waals surface area (Å²) in [6, 6.07) is 16.6. The molecule has 0 saturated carbocycles. The van der Waals surface area contributed by atoms with E-state index in [1.165, 1.54) is 11.3 Å². The molecule has 49 heavy (non-hydrogen) atoms. The normalized spacial score (nSPS) is 12.3. The molecule has 0 aliphatic rings. The van der Waals surface area contributed by atoms with Crippen molar-refractivity contribution in [2.75, 3.05) is 26.4 Å². The summed E-state index contributed by atoms with van der Waals surface area (Å²) in [4.78, 5) is 7.84. The molecule has 0 spiro atoms. The lowest BCUT2D eigenvalue weighted by molar-refractivity contribution is 0.205. The Hall–Kier alpha value is -1.20. The van der Waals surface area contributed by atoms with Gasteiger partial charge in [0.1, 0.15) is 0 Å². The predicted molar refractivity (Wildman–Crippen MR) is 215 cm³/mol. The molecule has 0 amide bonds. The van der Waals surface area contributed by atoms with E-state index in [2.05, 4.69) is 74.9 Å². The van der Waals surface area contributed by atoms with Gasteiger partial charge in [-0.25, -0.2) is 0 Å². The van der Waals surface area contributed by atoms with E-state index in [1.54, 1.807) is 45.3 Å². The van der Waals surface area contributed by atoms with Crippen LogP contribution in [0.4, 0.5) is 0 Å². The van der Waals surface area contributed by atoms with E-state index in [1.807, 2.05) is 12.1 Å². The van der Waals surface area contributed by atoms with Crippen LogP contribution in [0, 0.1) is 0 Å². The van der Waals surface area contributed by atoms with Crippen LogP contribution in [0.5, 0.6) is 0 Å². The van der Waals surface area contributed by atoms with Crippen LogP contribution in [0.25, 0.3) is 39.0 Å². The van der Waals surface area contributed by atoms with Crippen LogP contribution in [0.2, 0.25) is 0 Å². The maximum Gasteiger partial charge on any atom is 0.363 e. The van der Waals surface area contributed by atoms with Gasteiger partial charge in [0.25, 0.3) is 0 Å². The van der Waals surface area contributed by atoms with Crippen molar-refractivity contribution >= 4 is 82.5 Å². The number of hydrogen-bond donors (Lipinski definition) is 0. The van der Waals surface area contributed by atoms with Gasteiger partial charge in [-0.15, -0.1) is 56.7 Å². The lowest BCUT2D eigenvalue weighted by atomic mass is 10.3. The van der Waals surface area contributed by atoms with E-state index in [9.17, 15) is 0 Å². The van der Waals surface area contributed by atoms with Gasteiger partial charge in [0.05, 0.1) is 46.8 Å². The standard InChI is InChI=1S/C36H46O6P2S5/c1-5-9-21-39-43(37,40-22-10-6-2)33-34(44(38,41-23-11-7-3)42-24-12-8-4)36(32-20-18-30(48-32)28-16-14-26-46-28)49-35(33)31-19-17-29(47-31)27-15-13-25-45-27/h13-20,25-26H,5-12,21-24H2,1-4H3. The second kappa shape index (κ2) is 19.0. The van der Waals surface area contributed by atoms with Gasteiger partial charge >= 0.3 is 15.2 Å². The summed E-state index contributed by atoms with van der Waals surface area (Å²) in [5.74, 6) is 0. The van der Waals surface area contributed by atoms with Crippen molar-refractivity contribution in [3.63, 3.8) is 0 Å². The molecule has 0 fully saturated rings. The highest BCUT2D eigenvalue weighted by Crippen LogP contribution is 2.60. The molecule has 13 heteroatoms. The second-order valence-corrected chi connectivity index (χ2v) is 20.5. The highest BCUT2D eigenvalue weighted by molar-refractivity contribution is 7.71. The quantitative estimate of drug-likeness (QED) is 0.0513. The monoisotopic (exact) mass is 796 g/mol. The van der Waals surface area contributed by atoms with E-state index in [0.29, 0.717) is 10.6 Å². The minimum atomic E-state index is -4.04. The molecule has 0 bridgehead atoms. The lowest BCUT2D eigenvalue weighted by Gasteiger charge is -2.25. The molecule has 5 heterocycles. The molecule has 0 aliphatic carbocycles. The van der Waals surface area contributed by atoms with Gasteiger partial charge in [-0.05, 0) is 72.8 Å². The van der Waals surface area contributed by atoms with Crippen molar-refractivity contribution in [1.29, 1.82) is 0 Å². The Morgan fingerprint density at radius 2 is 0.816 bits per heavy atom. The molecule has 0 aliphatic heterocycles. The number of rotatable bonds is 22. The molecule has 0 radical (unpaired) electrons. The summed E-state index contributed by atoms with van der Waals surface area (Å²) in [5, 5.41) is 4.81. The van der Waals surface area contributed by atoms with Gasteiger partial charge in [-0.2, -0.15) is 0 Å². The molecular weight excluding hydrogens is 751 g/mol. The summed E-state index contributed by atoms with van der Waals surface area (Å²) in [5.41, 5.74) is 0. The Morgan fingerprint density at radius 3 is 1.12 bits per heavy atom. The van der Waals surface area contributed by atoms with Gasteiger partial charge in [0.15, 0.2) is 0 Å². The second-order valence-electron chi connectivity index (χ2n) is 11.5. The van der Waals surface area contributed by atoms with Gasteiger partial charge in [0, 0.05) is 29.3 Å². The van der Waals surface area contributed by atoms with Crippen LogP contribution in [-0.4, -0.2) is 26.4 Å². The molecule has 0 atom stereocenters. The third-order valence-electron chi connectivity index (χ3n) is 7.63. The molecule has 5 aromatic rings. The summed E-state index contributed by atoms with van der Waals surface area (Å²) in [6.07, 6.45) is 6.37. The molecule has 0 saturated heterocycles. The van der Waals surface area contributed by atoms with E-state index in [-0.39, 0.29) is 26.4 Å².